The molecule has 8 nitrogen and oxygen atoms in total. The van der Waals surface area contributed by atoms with Gasteiger partial charge in [0.25, 0.3) is 0 Å². The molecular formula is C23H25N5O3. The van der Waals surface area contributed by atoms with Crippen LogP contribution in [0.4, 0.5) is 5.82 Å². The topological polar surface area (TPSA) is 117 Å². The number of amides is 1. The van der Waals surface area contributed by atoms with Crippen molar-refractivity contribution in [1.82, 2.24) is 20.3 Å². The van der Waals surface area contributed by atoms with Crippen LogP contribution in [0.15, 0.2) is 61.2 Å². The Morgan fingerprint density at radius 1 is 1.16 bits per heavy atom. The number of hydrogen-bond acceptors (Lipinski definition) is 6. The molecule has 31 heavy (non-hydrogen) atoms. The lowest BCUT2D eigenvalue weighted by Gasteiger charge is -2.21. The van der Waals surface area contributed by atoms with Crippen molar-refractivity contribution in [3.63, 3.8) is 0 Å². The van der Waals surface area contributed by atoms with Gasteiger partial charge >= 0.3 is 0 Å². The molecule has 0 saturated heterocycles. The number of anilines is 1. The van der Waals surface area contributed by atoms with Crippen LogP contribution < -0.4 is 10.6 Å². The summed E-state index contributed by atoms with van der Waals surface area (Å²) in [4.78, 5) is 47.8. The van der Waals surface area contributed by atoms with Crippen LogP contribution >= 0.6 is 0 Å². The number of H-pyrrole nitrogens is 1. The van der Waals surface area contributed by atoms with Gasteiger partial charge in [0.05, 0.1) is 12.4 Å². The van der Waals surface area contributed by atoms with E-state index >= 15 is 0 Å². The Morgan fingerprint density at radius 2 is 2.03 bits per heavy atom. The average molecular weight is 419 g/mol. The van der Waals surface area contributed by atoms with Crippen molar-refractivity contribution in [3.8, 4) is 0 Å². The van der Waals surface area contributed by atoms with Gasteiger partial charge in [0.15, 0.2) is 5.78 Å². The number of nitrogens with zero attached hydrogens (tertiary/aromatic N) is 2. The first-order chi connectivity index (χ1) is 15.1. The van der Waals surface area contributed by atoms with E-state index in [9.17, 15) is 14.4 Å². The van der Waals surface area contributed by atoms with Gasteiger partial charge in [0.2, 0.25) is 5.91 Å². The number of Topliss-reactive ketones (excluding diaryl/α,β-unsaturated/α-hetero) is 1. The number of hydrogen-bond donors (Lipinski definition) is 3. The molecule has 160 valence electrons. The van der Waals surface area contributed by atoms with E-state index in [2.05, 4.69) is 25.6 Å². The predicted octanol–water partition coefficient (Wildman–Crippen LogP) is 2.35. The number of ketones is 1. The summed E-state index contributed by atoms with van der Waals surface area (Å²) in [7, 11) is 0. The maximum Gasteiger partial charge on any atom is 0.243 e. The summed E-state index contributed by atoms with van der Waals surface area (Å²) >= 11 is 0. The minimum atomic E-state index is -0.700. The smallest absolute Gasteiger partial charge is 0.243 e. The lowest BCUT2D eigenvalue weighted by molar-refractivity contribution is -0.124. The van der Waals surface area contributed by atoms with E-state index in [-0.39, 0.29) is 11.7 Å². The van der Waals surface area contributed by atoms with Crippen molar-refractivity contribution in [1.29, 1.82) is 0 Å². The monoisotopic (exact) mass is 419 g/mol. The number of pyridine rings is 1. The summed E-state index contributed by atoms with van der Waals surface area (Å²) in [5.74, 6) is 0.246. The van der Waals surface area contributed by atoms with Crippen LogP contribution in [0, 0.1) is 0 Å². The number of aromatic amines is 1. The Kier molecular flexibility index (Phi) is 7.64. The molecule has 2 heterocycles. The minimum Gasteiger partial charge on any atom is -0.358 e. The molecule has 8 heteroatoms. The number of carbonyl (C=O) groups excluding carboxylic acids is 3. The molecule has 0 aliphatic heterocycles. The van der Waals surface area contributed by atoms with Gasteiger partial charge in [0.1, 0.15) is 18.1 Å². The highest BCUT2D eigenvalue weighted by atomic mass is 16.2. The van der Waals surface area contributed by atoms with Crippen molar-refractivity contribution in [2.45, 2.75) is 38.3 Å². The van der Waals surface area contributed by atoms with Gasteiger partial charge in [-0.1, -0.05) is 31.2 Å². The number of aldehydes is 1. The SMILES string of the molecule is CCC(=O)c1cccc(CC(Nc2ccccn2)C(=O)NC(C=O)Cc2cnc[nH]2)c1. The van der Waals surface area contributed by atoms with E-state index in [1.54, 1.807) is 42.7 Å². The first-order valence-electron chi connectivity index (χ1n) is 10.1. The molecule has 3 rings (SSSR count). The number of rotatable bonds is 11. The standard InChI is InChI=1S/C23H25N5O3/c1-2-21(30)17-7-5-6-16(10-17)11-20(28-22-8-3-4-9-25-22)23(31)27-19(14-29)12-18-13-24-15-26-18/h3-10,13-15,19-20H,2,11-12H2,1H3,(H,24,26)(H,25,28)(H,27,31). The molecule has 0 saturated carbocycles. The third-order valence-corrected chi connectivity index (χ3v) is 4.80. The zero-order valence-electron chi connectivity index (χ0n) is 17.2. The molecule has 0 aliphatic carbocycles. The van der Waals surface area contributed by atoms with Gasteiger partial charge in [-0.15, -0.1) is 0 Å². The van der Waals surface area contributed by atoms with E-state index in [1.807, 2.05) is 19.1 Å². The summed E-state index contributed by atoms with van der Waals surface area (Å²) in [6, 6.07) is 11.2. The molecule has 2 aromatic heterocycles. The fourth-order valence-electron chi connectivity index (χ4n) is 3.20. The Bertz CT molecular complexity index is 1010. The number of aromatic nitrogens is 3. The quantitative estimate of drug-likeness (QED) is 0.324. The van der Waals surface area contributed by atoms with Gasteiger partial charge in [-0.2, -0.15) is 0 Å². The van der Waals surface area contributed by atoms with Crippen LogP contribution in [-0.4, -0.2) is 45.0 Å². The Labute approximate surface area is 180 Å². The van der Waals surface area contributed by atoms with Crippen molar-refractivity contribution < 1.29 is 14.4 Å². The first-order valence-corrected chi connectivity index (χ1v) is 10.1. The highest BCUT2D eigenvalue weighted by Crippen LogP contribution is 2.13. The molecular weight excluding hydrogens is 394 g/mol. The molecule has 2 unspecified atom stereocenters. The van der Waals surface area contributed by atoms with Crippen LogP contribution in [-0.2, 0) is 22.4 Å². The van der Waals surface area contributed by atoms with Gasteiger partial charge < -0.3 is 20.4 Å². The second-order valence-corrected chi connectivity index (χ2v) is 7.13. The molecule has 0 aliphatic rings. The average Bonchev–Trinajstić information content (AvgIpc) is 3.31. The van der Waals surface area contributed by atoms with E-state index in [0.29, 0.717) is 36.9 Å². The molecule has 2 atom stereocenters. The first kappa shape index (κ1) is 21.9. The molecule has 0 fully saturated rings. The third-order valence-electron chi connectivity index (χ3n) is 4.80. The van der Waals surface area contributed by atoms with Crippen molar-refractivity contribution in [2.75, 3.05) is 5.32 Å². The molecule has 0 radical (unpaired) electrons. The largest absolute Gasteiger partial charge is 0.358 e. The van der Waals surface area contributed by atoms with Gasteiger partial charge in [0, 0.05) is 42.9 Å². The van der Waals surface area contributed by atoms with Crippen molar-refractivity contribution in [2.24, 2.45) is 0 Å². The number of benzene rings is 1. The third kappa shape index (κ3) is 6.33. The highest BCUT2D eigenvalue weighted by Gasteiger charge is 2.23. The Balaban J connectivity index is 1.77. The Hall–Kier alpha value is -3.81. The van der Waals surface area contributed by atoms with E-state index < -0.39 is 12.1 Å². The molecule has 0 bridgehead atoms. The fraction of sp³-hybridized carbons (Fsp3) is 0.261. The molecule has 3 N–H and O–H groups in total. The summed E-state index contributed by atoms with van der Waals surface area (Å²) in [6.07, 6.45) is 6.52. The summed E-state index contributed by atoms with van der Waals surface area (Å²) in [5, 5.41) is 5.92. The van der Waals surface area contributed by atoms with Crippen molar-refractivity contribution >= 4 is 23.8 Å². The number of imidazole rings is 1. The molecule has 0 spiro atoms. The highest BCUT2D eigenvalue weighted by molar-refractivity contribution is 5.96. The van der Waals surface area contributed by atoms with Gasteiger partial charge in [-0.3, -0.25) is 9.59 Å². The zero-order valence-corrected chi connectivity index (χ0v) is 17.2. The maximum atomic E-state index is 13.1. The summed E-state index contributed by atoms with van der Waals surface area (Å²) in [6.45, 7) is 1.81. The van der Waals surface area contributed by atoms with E-state index in [1.165, 1.54) is 6.33 Å². The van der Waals surface area contributed by atoms with Crippen LogP contribution in [0.1, 0.15) is 35.0 Å². The molecule has 1 aromatic carbocycles. The van der Waals surface area contributed by atoms with E-state index in [0.717, 1.165) is 11.3 Å². The molecule has 3 aromatic rings. The van der Waals surface area contributed by atoms with Crippen molar-refractivity contribution in [3.05, 3.63) is 78.0 Å². The minimum absolute atomic E-state index is 0.0427. The number of carbonyl (C=O) groups is 3. The zero-order chi connectivity index (χ0) is 22.1. The lowest BCUT2D eigenvalue weighted by Crippen LogP contribution is -2.47. The lowest BCUT2D eigenvalue weighted by atomic mass is 10.00. The molecule has 1 amide bonds. The summed E-state index contributed by atoms with van der Waals surface area (Å²) in [5.41, 5.74) is 2.19. The number of nitrogens with one attached hydrogen (secondary N) is 3. The van der Waals surface area contributed by atoms with Crippen LogP contribution in [0.2, 0.25) is 0 Å². The summed E-state index contributed by atoms with van der Waals surface area (Å²) < 4.78 is 0. The van der Waals surface area contributed by atoms with E-state index in [4.69, 9.17) is 0 Å². The van der Waals surface area contributed by atoms with Crippen LogP contribution in [0.3, 0.4) is 0 Å². The second-order valence-electron chi connectivity index (χ2n) is 7.13. The van der Waals surface area contributed by atoms with Gasteiger partial charge in [-0.05, 0) is 23.8 Å². The van der Waals surface area contributed by atoms with Crippen LogP contribution in [0.5, 0.6) is 0 Å². The van der Waals surface area contributed by atoms with Crippen LogP contribution in [0.25, 0.3) is 0 Å². The maximum absolute atomic E-state index is 13.1. The fourth-order valence-corrected chi connectivity index (χ4v) is 3.20. The normalized spacial score (nSPS) is 12.5. The predicted molar refractivity (Wildman–Crippen MR) is 117 cm³/mol. The Morgan fingerprint density at radius 3 is 2.71 bits per heavy atom. The second kappa shape index (κ2) is 10.8. The van der Waals surface area contributed by atoms with Gasteiger partial charge in [-0.25, -0.2) is 9.97 Å².